The van der Waals surface area contributed by atoms with Crippen LogP contribution in [0.25, 0.3) is 11.0 Å². The second kappa shape index (κ2) is 8.99. The molecule has 0 unspecified atom stereocenters. The summed E-state index contributed by atoms with van der Waals surface area (Å²) in [6, 6.07) is 4.32. The Kier molecular flexibility index (Phi) is 6.26. The van der Waals surface area contributed by atoms with Crippen LogP contribution in [-0.4, -0.2) is 46.0 Å². The zero-order chi connectivity index (χ0) is 23.8. The van der Waals surface area contributed by atoms with Crippen LogP contribution < -0.4 is 15.6 Å². The van der Waals surface area contributed by atoms with E-state index in [0.717, 1.165) is 6.07 Å². The molecule has 0 saturated carbocycles. The number of H-pyrrole nitrogens is 1. The first-order valence-electron chi connectivity index (χ1n) is 10.4. The van der Waals surface area contributed by atoms with Crippen molar-refractivity contribution in [3.63, 3.8) is 0 Å². The number of aryl methyl sites for hydroxylation is 1. The lowest BCUT2D eigenvalue weighted by molar-refractivity contribution is -0.0583. The van der Waals surface area contributed by atoms with Crippen molar-refractivity contribution in [2.75, 3.05) is 25.1 Å². The van der Waals surface area contributed by atoms with Crippen molar-refractivity contribution in [3.05, 3.63) is 57.4 Å². The molecule has 0 radical (unpaired) electrons. The summed E-state index contributed by atoms with van der Waals surface area (Å²) >= 11 is 0. The number of benzene rings is 1. The zero-order valence-electron chi connectivity index (χ0n) is 18.0. The Morgan fingerprint density at radius 1 is 1.39 bits per heavy atom. The summed E-state index contributed by atoms with van der Waals surface area (Å²) in [7, 11) is 0. The summed E-state index contributed by atoms with van der Waals surface area (Å²) < 4.78 is 53.8. The molecule has 2 atom stereocenters. The molecule has 3 heterocycles. The molecule has 1 saturated heterocycles. The van der Waals surface area contributed by atoms with Gasteiger partial charge in [0, 0.05) is 18.1 Å². The number of alkyl halides is 2. The maximum absolute atomic E-state index is 14.9. The minimum absolute atomic E-state index is 0.0333. The van der Waals surface area contributed by atoms with Gasteiger partial charge in [-0.2, -0.15) is 8.78 Å². The van der Waals surface area contributed by atoms with E-state index < -0.39 is 35.5 Å². The van der Waals surface area contributed by atoms with Gasteiger partial charge in [-0.15, -0.1) is 0 Å². The number of pyridine rings is 1. The molecule has 0 aliphatic carbocycles. The van der Waals surface area contributed by atoms with Crippen molar-refractivity contribution in [2.45, 2.75) is 38.3 Å². The Hall–Kier alpha value is -3.18. The summed E-state index contributed by atoms with van der Waals surface area (Å²) in [6.45, 7) is 2.62. The zero-order valence-corrected chi connectivity index (χ0v) is 18.0. The lowest BCUT2D eigenvalue weighted by atomic mass is 10.0. The number of aromatic amines is 1. The van der Waals surface area contributed by atoms with Crippen LogP contribution in [-0.2, 0) is 10.7 Å². The number of anilines is 1. The highest BCUT2D eigenvalue weighted by Gasteiger charge is 2.35. The SMILES string of the molecule is Cc1nc(N[C@H](C)c2cccc(C(F)(F)CO)c2F)c2cc(O[C@@H]3CCOC3)c(=O)[nH]c2n1. The number of nitrogens with zero attached hydrogens (tertiary/aromatic N) is 2. The van der Waals surface area contributed by atoms with Crippen molar-refractivity contribution in [2.24, 2.45) is 0 Å². The molecule has 1 aliphatic rings. The van der Waals surface area contributed by atoms with E-state index in [1.165, 1.54) is 18.2 Å². The van der Waals surface area contributed by atoms with E-state index in [-0.39, 0.29) is 28.9 Å². The van der Waals surface area contributed by atoms with Gasteiger partial charge < -0.3 is 24.9 Å². The lowest BCUT2D eigenvalue weighted by Crippen LogP contribution is -2.22. The summed E-state index contributed by atoms with van der Waals surface area (Å²) in [4.78, 5) is 23.7. The van der Waals surface area contributed by atoms with Gasteiger partial charge >= 0.3 is 0 Å². The van der Waals surface area contributed by atoms with Crippen LogP contribution in [0.2, 0.25) is 0 Å². The maximum Gasteiger partial charge on any atom is 0.298 e. The molecule has 1 aromatic carbocycles. The Morgan fingerprint density at radius 2 is 2.18 bits per heavy atom. The van der Waals surface area contributed by atoms with E-state index in [1.807, 2.05) is 0 Å². The van der Waals surface area contributed by atoms with Crippen LogP contribution >= 0.6 is 0 Å². The number of rotatable bonds is 7. The molecular weight excluding hydrogens is 441 g/mol. The summed E-state index contributed by atoms with van der Waals surface area (Å²) in [5.74, 6) is -4.16. The third kappa shape index (κ3) is 4.64. The van der Waals surface area contributed by atoms with E-state index in [1.54, 1.807) is 13.8 Å². The highest BCUT2D eigenvalue weighted by molar-refractivity contribution is 5.87. The largest absolute Gasteiger partial charge is 0.482 e. The predicted molar refractivity (Wildman–Crippen MR) is 114 cm³/mol. The van der Waals surface area contributed by atoms with Crippen LogP contribution in [0.3, 0.4) is 0 Å². The van der Waals surface area contributed by atoms with Gasteiger partial charge in [-0.25, -0.2) is 14.4 Å². The number of ether oxygens (including phenoxy) is 2. The average Bonchev–Trinajstić information content (AvgIpc) is 3.27. The number of hydrogen-bond acceptors (Lipinski definition) is 7. The van der Waals surface area contributed by atoms with Gasteiger partial charge in [0.2, 0.25) is 0 Å². The second-order valence-corrected chi connectivity index (χ2v) is 7.89. The smallest absolute Gasteiger partial charge is 0.298 e. The van der Waals surface area contributed by atoms with Crippen molar-refractivity contribution in [1.29, 1.82) is 0 Å². The first kappa shape index (κ1) is 23.0. The summed E-state index contributed by atoms with van der Waals surface area (Å²) in [5, 5.41) is 12.4. The quantitative estimate of drug-likeness (QED) is 0.493. The summed E-state index contributed by atoms with van der Waals surface area (Å²) in [6.07, 6.45) is 0.397. The van der Waals surface area contributed by atoms with Crippen molar-refractivity contribution in [1.82, 2.24) is 15.0 Å². The van der Waals surface area contributed by atoms with Gasteiger partial charge in [0.05, 0.1) is 30.2 Å². The molecule has 2 aromatic heterocycles. The van der Waals surface area contributed by atoms with E-state index in [2.05, 4.69) is 20.3 Å². The predicted octanol–water partition coefficient (Wildman–Crippen LogP) is 3.19. The lowest BCUT2D eigenvalue weighted by Gasteiger charge is -2.21. The molecule has 0 bridgehead atoms. The van der Waals surface area contributed by atoms with Gasteiger partial charge in [-0.1, -0.05) is 12.1 Å². The van der Waals surface area contributed by atoms with Crippen molar-refractivity contribution in [3.8, 4) is 5.75 Å². The Balaban J connectivity index is 1.71. The highest BCUT2D eigenvalue weighted by Crippen LogP contribution is 2.34. The van der Waals surface area contributed by atoms with Crippen molar-refractivity contribution < 1.29 is 27.8 Å². The van der Waals surface area contributed by atoms with Crippen LogP contribution in [0.15, 0.2) is 29.1 Å². The maximum atomic E-state index is 14.9. The molecule has 4 rings (SSSR count). The number of halogens is 3. The minimum Gasteiger partial charge on any atom is -0.482 e. The third-order valence-electron chi connectivity index (χ3n) is 5.41. The Labute approximate surface area is 186 Å². The number of hydrogen-bond donors (Lipinski definition) is 3. The Bertz CT molecular complexity index is 1230. The Morgan fingerprint density at radius 3 is 2.88 bits per heavy atom. The summed E-state index contributed by atoms with van der Waals surface area (Å²) in [5.41, 5.74) is -1.14. The molecular formula is C22H23F3N4O4. The monoisotopic (exact) mass is 464 g/mol. The van der Waals surface area contributed by atoms with Gasteiger partial charge in [0.25, 0.3) is 11.5 Å². The van der Waals surface area contributed by atoms with Gasteiger partial charge in [-0.3, -0.25) is 4.79 Å². The number of nitrogens with one attached hydrogen (secondary N) is 2. The van der Waals surface area contributed by atoms with Crippen LogP contribution in [0.5, 0.6) is 5.75 Å². The number of aliphatic hydroxyl groups is 1. The van der Waals surface area contributed by atoms with E-state index >= 15 is 0 Å². The van der Waals surface area contributed by atoms with Crippen LogP contribution in [0.1, 0.15) is 36.3 Å². The van der Waals surface area contributed by atoms with Gasteiger partial charge in [0.1, 0.15) is 35.8 Å². The molecule has 0 amide bonds. The fourth-order valence-electron chi connectivity index (χ4n) is 3.70. The number of aromatic nitrogens is 3. The fourth-order valence-corrected chi connectivity index (χ4v) is 3.70. The topological polar surface area (TPSA) is 109 Å². The second-order valence-electron chi connectivity index (χ2n) is 7.89. The van der Waals surface area contributed by atoms with Crippen molar-refractivity contribution >= 4 is 16.9 Å². The standard InChI is InChI=1S/C22H23F3N4O4/c1-11(14-4-3-5-16(18(14)23)22(24,25)10-30)26-19-15-8-17(33-13-6-7-32-9-13)21(31)29-20(15)28-12(2)27-19/h3-5,8,11,13,30H,6-7,9-10H2,1-2H3,(H2,26,27,28,29,31)/t11-,13-/m1/s1. The molecule has 1 fully saturated rings. The van der Waals surface area contributed by atoms with E-state index in [4.69, 9.17) is 14.6 Å². The molecule has 0 spiro atoms. The third-order valence-corrected chi connectivity index (χ3v) is 5.41. The first-order chi connectivity index (χ1) is 15.7. The molecule has 3 N–H and O–H groups in total. The highest BCUT2D eigenvalue weighted by atomic mass is 19.3. The van der Waals surface area contributed by atoms with E-state index in [0.29, 0.717) is 30.8 Å². The molecule has 8 nitrogen and oxygen atoms in total. The molecule has 1 aliphatic heterocycles. The first-order valence-corrected chi connectivity index (χ1v) is 10.4. The average molecular weight is 464 g/mol. The normalized spacial score (nSPS) is 17.3. The molecule has 11 heteroatoms. The molecule has 33 heavy (non-hydrogen) atoms. The fraction of sp³-hybridized carbons (Fsp3) is 0.409. The van der Waals surface area contributed by atoms with Crippen LogP contribution in [0, 0.1) is 12.7 Å². The number of fused-ring (bicyclic) bond motifs is 1. The molecule has 3 aromatic rings. The van der Waals surface area contributed by atoms with Crippen LogP contribution in [0.4, 0.5) is 19.0 Å². The molecule has 176 valence electrons. The van der Waals surface area contributed by atoms with Gasteiger partial charge in [-0.05, 0) is 19.9 Å². The number of aliphatic hydroxyl groups excluding tert-OH is 1. The van der Waals surface area contributed by atoms with E-state index in [9.17, 15) is 18.0 Å². The minimum atomic E-state index is -3.71. The van der Waals surface area contributed by atoms with Gasteiger partial charge in [0.15, 0.2) is 5.75 Å².